The monoisotopic (exact) mass is 180 g/mol. The van der Waals surface area contributed by atoms with Crippen molar-refractivity contribution in [1.29, 1.82) is 0 Å². The first kappa shape index (κ1) is 9.02. The molecule has 1 heterocycles. The minimum absolute atomic E-state index is 0.179. The molecule has 0 N–H and O–H groups in total. The minimum Gasteiger partial charge on any atom is -0.273 e. The number of hydrazone groups is 1. The molecule has 0 aromatic rings. The molecule has 0 radical (unpaired) electrons. The molecule has 0 aliphatic carbocycles. The third kappa shape index (κ3) is 1.57. The van der Waals surface area contributed by atoms with E-state index in [9.17, 15) is 18.0 Å². The van der Waals surface area contributed by atoms with Crippen LogP contribution in [0, 0.1) is 0 Å². The molecule has 1 aliphatic heterocycles. The lowest BCUT2D eigenvalue weighted by molar-refractivity contribution is -0.128. The smallest absolute Gasteiger partial charge is 0.273 e. The lowest BCUT2D eigenvalue weighted by atomic mass is 10.3. The van der Waals surface area contributed by atoms with Crippen molar-refractivity contribution >= 4 is 11.6 Å². The van der Waals surface area contributed by atoms with Crippen LogP contribution in [0.15, 0.2) is 5.10 Å². The van der Waals surface area contributed by atoms with Crippen molar-refractivity contribution in [1.82, 2.24) is 5.01 Å². The molecule has 0 aromatic carbocycles. The van der Waals surface area contributed by atoms with Crippen LogP contribution in [-0.2, 0) is 4.79 Å². The topological polar surface area (TPSA) is 32.7 Å². The van der Waals surface area contributed by atoms with Gasteiger partial charge in [-0.15, -0.1) is 0 Å². The van der Waals surface area contributed by atoms with E-state index in [0.29, 0.717) is 0 Å². The molecule has 6 heteroatoms. The Morgan fingerprint density at radius 1 is 1.58 bits per heavy atom. The summed E-state index contributed by atoms with van der Waals surface area (Å²) in [5, 5.41) is 3.96. The average molecular weight is 180 g/mol. The average Bonchev–Trinajstić information content (AvgIpc) is 2.29. The van der Waals surface area contributed by atoms with E-state index >= 15 is 0 Å². The summed E-state index contributed by atoms with van der Waals surface area (Å²) in [5.74, 6) is -0.593. The SMILES string of the molecule is CCN1N=C(C(F)(F)F)CC1=O. The van der Waals surface area contributed by atoms with E-state index in [1.165, 1.54) is 0 Å². The molecule has 0 unspecified atom stereocenters. The van der Waals surface area contributed by atoms with Gasteiger partial charge in [0.15, 0.2) is 5.71 Å². The van der Waals surface area contributed by atoms with E-state index in [1.54, 1.807) is 6.92 Å². The van der Waals surface area contributed by atoms with Gasteiger partial charge in [0.25, 0.3) is 0 Å². The third-order valence-electron chi connectivity index (χ3n) is 1.47. The second kappa shape index (κ2) is 2.76. The van der Waals surface area contributed by atoms with Crippen LogP contribution in [0.3, 0.4) is 0 Å². The molecule has 0 saturated heterocycles. The first-order valence-electron chi connectivity index (χ1n) is 3.40. The van der Waals surface area contributed by atoms with Crippen LogP contribution in [0.25, 0.3) is 0 Å². The molecular weight excluding hydrogens is 173 g/mol. The number of amides is 1. The fourth-order valence-corrected chi connectivity index (χ4v) is 0.875. The molecule has 1 amide bonds. The van der Waals surface area contributed by atoms with Crippen molar-refractivity contribution in [2.45, 2.75) is 19.5 Å². The van der Waals surface area contributed by atoms with Gasteiger partial charge in [0.1, 0.15) is 0 Å². The van der Waals surface area contributed by atoms with Gasteiger partial charge in [-0.25, -0.2) is 5.01 Å². The summed E-state index contributed by atoms with van der Waals surface area (Å²) in [5.41, 5.74) is -1.01. The Labute approximate surface area is 66.8 Å². The Kier molecular flexibility index (Phi) is 2.08. The quantitative estimate of drug-likeness (QED) is 0.595. The zero-order valence-electron chi connectivity index (χ0n) is 6.35. The Balaban J connectivity index is 2.78. The number of carbonyl (C=O) groups excluding carboxylic acids is 1. The van der Waals surface area contributed by atoms with Crippen molar-refractivity contribution in [3.8, 4) is 0 Å². The summed E-state index contributed by atoms with van der Waals surface area (Å²) in [6, 6.07) is 0. The summed E-state index contributed by atoms with van der Waals surface area (Å²) in [6.07, 6.45) is -5.10. The number of halogens is 3. The van der Waals surface area contributed by atoms with Crippen molar-refractivity contribution in [2.24, 2.45) is 5.10 Å². The molecule has 0 bridgehead atoms. The maximum atomic E-state index is 11.9. The number of hydrogen-bond acceptors (Lipinski definition) is 2. The van der Waals surface area contributed by atoms with Gasteiger partial charge in [0, 0.05) is 6.54 Å². The fourth-order valence-electron chi connectivity index (χ4n) is 0.875. The highest BCUT2D eigenvalue weighted by molar-refractivity contribution is 6.07. The van der Waals surface area contributed by atoms with Crippen molar-refractivity contribution in [2.75, 3.05) is 6.54 Å². The summed E-state index contributed by atoms with van der Waals surface area (Å²) in [7, 11) is 0. The Morgan fingerprint density at radius 2 is 2.17 bits per heavy atom. The summed E-state index contributed by atoms with van der Waals surface area (Å²) >= 11 is 0. The van der Waals surface area contributed by atoms with E-state index in [2.05, 4.69) is 5.10 Å². The van der Waals surface area contributed by atoms with Crippen LogP contribution in [0.1, 0.15) is 13.3 Å². The van der Waals surface area contributed by atoms with Crippen molar-refractivity contribution < 1.29 is 18.0 Å². The molecule has 0 aromatic heterocycles. The Bertz CT molecular complexity index is 233. The lowest BCUT2D eigenvalue weighted by Gasteiger charge is -2.05. The first-order valence-corrected chi connectivity index (χ1v) is 3.40. The Morgan fingerprint density at radius 3 is 2.42 bits per heavy atom. The molecule has 12 heavy (non-hydrogen) atoms. The van der Waals surface area contributed by atoms with Crippen molar-refractivity contribution in [3.05, 3.63) is 0 Å². The van der Waals surface area contributed by atoms with Crippen LogP contribution >= 0.6 is 0 Å². The predicted molar refractivity (Wildman–Crippen MR) is 35.5 cm³/mol. The highest BCUT2D eigenvalue weighted by Crippen LogP contribution is 2.24. The van der Waals surface area contributed by atoms with Gasteiger partial charge in [-0.2, -0.15) is 18.3 Å². The number of alkyl halides is 3. The van der Waals surface area contributed by atoms with Gasteiger partial charge >= 0.3 is 6.18 Å². The zero-order valence-corrected chi connectivity index (χ0v) is 6.35. The minimum atomic E-state index is -4.47. The molecule has 0 fully saturated rings. The van der Waals surface area contributed by atoms with Crippen LogP contribution < -0.4 is 0 Å². The second-order valence-corrected chi connectivity index (χ2v) is 2.33. The van der Waals surface area contributed by atoms with Crippen molar-refractivity contribution in [3.63, 3.8) is 0 Å². The van der Waals surface area contributed by atoms with E-state index < -0.39 is 24.2 Å². The van der Waals surface area contributed by atoms with Gasteiger partial charge in [-0.05, 0) is 6.92 Å². The molecule has 3 nitrogen and oxygen atoms in total. The second-order valence-electron chi connectivity index (χ2n) is 2.33. The maximum absolute atomic E-state index is 11.9. The molecule has 68 valence electrons. The molecule has 0 spiro atoms. The summed E-state index contributed by atoms with van der Waals surface area (Å²) in [6.45, 7) is 1.75. The van der Waals surface area contributed by atoms with Crippen LogP contribution in [0.4, 0.5) is 13.2 Å². The maximum Gasteiger partial charge on any atom is 0.431 e. The van der Waals surface area contributed by atoms with Gasteiger partial charge < -0.3 is 0 Å². The largest absolute Gasteiger partial charge is 0.431 e. The van der Waals surface area contributed by atoms with Gasteiger partial charge in [0.2, 0.25) is 5.91 Å². The third-order valence-corrected chi connectivity index (χ3v) is 1.47. The molecule has 0 saturated carbocycles. The van der Waals surface area contributed by atoms with Gasteiger partial charge in [-0.1, -0.05) is 0 Å². The summed E-state index contributed by atoms with van der Waals surface area (Å²) in [4.78, 5) is 10.8. The van der Waals surface area contributed by atoms with E-state index in [1.807, 2.05) is 0 Å². The van der Waals surface area contributed by atoms with Crippen LogP contribution in [0.5, 0.6) is 0 Å². The molecule has 1 rings (SSSR count). The van der Waals surface area contributed by atoms with Crippen LogP contribution in [-0.4, -0.2) is 29.3 Å². The highest BCUT2D eigenvalue weighted by Gasteiger charge is 2.41. The standard InChI is InChI=1S/C6H7F3N2O/c1-2-11-5(12)3-4(10-11)6(7,8)9/h2-3H2,1H3. The number of rotatable bonds is 1. The van der Waals surface area contributed by atoms with E-state index in [0.717, 1.165) is 5.01 Å². The molecule has 1 aliphatic rings. The lowest BCUT2D eigenvalue weighted by Crippen LogP contribution is -2.22. The predicted octanol–water partition coefficient (Wildman–Crippen LogP) is 1.16. The highest BCUT2D eigenvalue weighted by atomic mass is 19.4. The van der Waals surface area contributed by atoms with Gasteiger partial charge in [-0.3, -0.25) is 4.79 Å². The molecule has 0 atom stereocenters. The number of nitrogens with zero attached hydrogens (tertiary/aromatic N) is 2. The Hall–Kier alpha value is -1.07. The normalized spacial score (nSPS) is 18.5. The van der Waals surface area contributed by atoms with Crippen LogP contribution in [0.2, 0.25) is 0 Å². The van der Waals surface area contributed by atoms with E-state index in [-0.39, 0.29) is 6.54 Å². The first-order chi connectivity index (χ1) is 5.45. The summed E-state index contributed by atoms with van der Waals surface area (Å²) < 4.78 is 35.8. The fraction of sp³-hybridized carbons (Fsp3) is 0.667. The number of hydrogen-bond donors (Lipinski definition) is 0. The van der Waals surface area contributed by atoms with Gasteiger partial charge in [0.05, 0.1) is 6.42 Å². The van der Waals surface area contributed by atoms with E-state index in [4.69, 9.17) is 0 Å². The molecular formula is C6H7F3N2O. The zero-order chi connectivity index (χ0) is 9.35. The number of carbonyl (C=O) groups is 1.